The number of piperidine rings is 1. The minimum absolute atomic E-state index is 0.0585. The Morgan fingerprint density at radius 2 is 2.07 bits per heavy atom. The molecule has 1 aromatic heterocycles. The Morgan fingerprint density at radius 3 is 2.79 bits per heavy atom. The number of carbonyl (C=O) groups is 1. The molecular weight excluding hydrogens is 354 g/mol. The van der Waals surface area contributed by atoms with Crippen molar-refractivity contribution < 1.29 is 14.3 Å². The van der Waals surface area contributed by atoms with Crippen LogP contribution in [-0.4, -0.2) is 37.7 Å². The Hall–Kier alpha value is -2.44. The Balaban J connectivity index is 1.63. The second-order valence-electron chi connectivity index (χ2n) is 7.34. The van der Waals surface area contributed by atoms with Gasteiger partial charge in [-0.15, -0.1) is 0 Å². The van der Waals surface area contributed by atoms with Crippen LogP contribution in [0.1, 0.15) is 37.1 Å². The van der Waals surface area contributed by atoms with Gasteiger partial charge in [-0.3, -0.25) is 9.78 Å². The first-order chi connectivity index (χ1) is 13.6. The molecule has 1 atom stereocenters. The lowest BCUT2D eigenvalue weighted by Gasteiger charge is -2.36. The molecule has 6 nitrogen and oxygen atoms in total. The smallest absolute Gasteiger partial charge is 0.229 e. The Bertz CT molecular complexity index is 755. The number of nitrogens with zero attached hydrogens (tertiary/aromatic N) is 1. The van der Waals surface area contributed by atoms with Gasteiger partial charge in [0.2, 0.25) is 5.91 Å². The molecule has 150 valence electrons. The van der Waals surface area contributed by atoms with E-state index in [2.05, 4.69) is 15.6 Å². The van der Waals surface area contributed by atoms with Crippen molar-refractivity contribution >= 4 is 5.91 Å². The summed E-state index contributed by atoms with van der Waals surface area (Å²) in [5, 5.41) is 6.49. The minimum atomic E-state index is -0.457. The van der Waals surface area contributed by atoms with Crippen molar-refractivity contribution in [3.05, 3.63) is 59.9 Å². The quantitative estimate of drug-likeness (QED) is 0.733. The van der Waals surface area contributed by atoms with Crippen LogP contribution in [0.5, 0.6) is 5.75 Å². The van der Waals surface area contributed by atoms with Crippen molar-refractivity contribution in [1.29, 1.82) is 0 Å². The van der Waals surface area contributed by atoms with E-state index >= 15 is 0 Å². The van der Waals surface area contributed by atoms with Crippen LogP contribution in [0, 0.1) is 5.41 Å². The van der Waals surface area contributed by atoms with Gasteiger partial charge in [0.25, 0.3) is 0 Å². The van der Waals surface area contributed by atoms with Crippen LogP contribution in [0.3, 0.4) is 0 Å². The fraction of sp³-hybridized carbons (Fsp3) is 0.455. The van der Waals surface area contributed by atoms with Gasteiger partial charge in [-0.25, -0.2) is 0 Å². The van der Waals surface area contributed by atoms with Crippen LogP contribution in [0.25, 0.3) is 0 Å². The van der Waals surface area contributed by atoms with E-state index < -0.39 is 5.41 Å². The molecule has 1 saturated heterocycles. The second kappa shape index (κ2) is 9.66. The largest absolute Gasteiger partial charge is 0.487 e. The summed E-state index contributed by atoms with van der Waals surface area (Å²) < 4.78 is 11.2. The molecule has 0 bridgehead atoms. The van der Waals surface area contributed by atoms with Crippen molar-refractivity contribution in [2.45, 2.75) is 32.4 Å². The minimum Gasteiger partial charge on any atom is -0.487 e. The van der Waals surface area contributed by atoms with Gasteiger partial charge in [0.05, 0.1) is 23.8 Å². The summed E-state index contributed by atoms with van der Waals surface area (Å²) >= 11 is 0. The van der Waals surface area contributed by atoms with E-state index in [-0.39, 0.29) is 11.9 Å². The second-order valence-corrected chi connectivity index (χ2v) is 7.34. The molecule has 3 rings (SSSR count). The zero-order valence-electron chi connectivity index (χ0n) is 16.6. The zero-order chi connectivity index (χ0) is 19.8. The summed E-state index contributed by atoms with van der Waals surface area (Å²) in [5.41, 5.74) is 1.43. The van der Waals surface area contributed by atoms with Gasteiger partial charge < -0.3 is 20.1 Å². The molecule has 2 heterocycles. The van der Waals surface area contributed by atoms with Crippen LogP contribution in [0.15, 0.2) is 48.7 Å². The van der Waals surface area contributed by atoms with Crippen molar-refractivity contribution in [2.75, 3.05) is 26.8 Å². The van der Waals surface area contributed by atoms with Gasteiger partial charge in [-0.2, -0.15) is 0 Å². The van der Waals surface area contributed by atoms with E-state index in [9.17, 15) is 4.79 Å². The summed E-state index contributed by atoms with van der Waals surface area (Å²) in [5.74, 6) is 0.820. The molecule has 1 aromatic carbocycles. The van der Waals surface area contributed by atoms with E-state index in [0.29, 0.717) is 13.2 Å². The summed E-state index contributed by atoms with van der Waals surface area (Å²) in [6.07, 6.45) is 3.32. The molecule has 28 heavy (non-hydrogen) atoms. The molecule has 2 aromatic rings. The number of hydrogen-bond donors (Lipinski definition) is 2. The number of hydrogen-bond acceptors (Lipinski definition) is 5. The highest BCUT2D eigenvalue weighted by molar-refractivity contribution is 5.83. The highest BCUT2D eigenvalue weighted by atomic mass is 16.5. The number of ether oxygens (including phenoxy) is 2. The number of methoxy groups -OCH3 is 1. The molecule has 1 aliphatic rings. The van der Waals surface area contributed by atoms with Crippen LogP contribution in [-0.2, 0) is 16.1 Å². The lowest BCUT2D eigenvalue weighted by molar-refractivity contribution is -0.136. The van der Waals surface area contributed by atoms with Crippen LogP contribution < -0.4 is 15.4 Å². The molecule has 0 aliphatic carbocycles. The molecule has 0 spiro atoms. The number of benzene rings is 1. The topological polar surface area (TPSA) is 72.5 Å². The van der Waals surface area contributed by atoms with Gasteiger partial charge in [0, 0.05) is 13.3 Å². The summed E-state index contributed by atoms with van der Waals surface area (Å²) in [6, 6.07) is 13.5. The van der Waals surface area contributed by atoms with Gasteiger partial charge in [-0.1, -0.05) is 18.2 Å². The summed E-state index contributed by atoms with van der Waals surface area (Å²) in [4.78, 5) is 17.3. The molecule has 0 radical (unpaired) electrons. The van der Waals surface area contributed by atoms with Crippen LogP contribution >= 0.6 is 0 Å². The highest BCUT2D eigenvalue weighted by Gasteiger charge is 2.40. The van der Waals surface area contributed by atoms with Gasteiger partial charge in [0.1, 0.15) is 12.4 Å². The van der Waals surface area contributed by atoms with Gasteiger partial charge in [0.15, 0.2) is 0 Å². The normalized spacial score (nSPS) is 16.9. The number of pyridine rings is 1. The molecule has 2 N–H and O–H groups in total. The predicted octanol–water partition coefficient (Wildman–Crippen LogP) is 2.85. The van der Waals surface area contributed by atoms with Crippen molar-refractivity contribution in [3.63, 3.8) is 0 Å². The van der Waals surface area contributed by atoms with Gasteiger partial charge >= 0.3 is 0 Å². The lowest BCUT2D eigenvalue weighted by Crippen LogP contribution is -2.50. The third-order valence-corrected chi connectivity index (χ3v) is 5.28. The first kappa shape index (κ1) is 20.3. The fourth-order valence-electron chi connectivity index (χ4n) is 3.57. The molecule has 0 saturated carbocycles. The fourth-order valence-corrected chi connectivity index (χ4v) is 3.57. The molecule has 6 heteroatoms. The average molecular weight is 383 g/mol. The number of amides is 1. The van der Waals surface area contributed by atoms with Crippen LogP contribution in [0.2, 0.25) is 0 Å². The maximum absolute atomic E-state index is 13.0. The Kier molecular flexibility index (Phi) is 7.01. The maximum atomic E-state index is 13.0. The number of nitrogens with one attached hydrogen (secondary N) is 2. The van der Waals surface area contributed by atoms with E-state index in [1.807, 2.05) is 49.4 Å². The SMILES string of the molecule is COCC1(C(=O)NC(C)c2cccc(OCc3ccccn3)c2)CCNCC1. The van der Waals surface area contributed by atoms with E-state index in [1.54, 1.807) is 13.3 Å². The average Bonchev–Trinajstić information content (AvgIpc) is 2.74. The molecule has 1 amide bonds. The van der Waals surface area contributed by atoms with Crippen LogP contribution in [0.4, 0.5) is 0 Å². The van der Waals surface area contributed by atoms with E-state index in [4.69, 9.17) is 9.47 Å². The first-order valence-corrected chi connectivity index (χ1v) is 9.76. The predicted molar refractivity (Wildman–Crippen MR) is 108 cm³/mol. The monoisotopic (exact) mass is 383 g/mol. The third-order valence-electron chi connectivity index (χ3n) is 5.28. The van der Waals surface area contributed by atoms with Gasteiger partial charge in [-0.05, 0) is 62.7 Å². The standard InChI is InChI=1S/C22H29N3O3/c1-17(25-21(26)22(16-27-2)9-12-23-13-10-22)18-6-5-8-20(14-18)28-15-19-7-3-4-11-24-19/h3-8,11,14,17,23H,9-10,12-13,15-16H2,1-2H3,(H,25,26). The zero-order valence-corrected chi connectivity index (χ0v) is 16.6. The van der Waals surface area contributed by atoms with Crippen molar-refractivity contribution in [1.82, 2.24) is 15.6 Å². The lowest BCUT2D eigenvalue weighted by atomic mass is 9.78. The number of carbonyl (C=O) groups excluding carboxylic acids is 1. The first-order valence-electron chi connectivity index (χ1n) is 9.76. The molecule has 1 fully saturated rings. The third kappa shape index (κ3) is 5.09. The molecule has 1 unspecified atom stereocenters. The molecular formula is C22H29N3O3. The van der Waals surface area contributed by atoms with E-state index in [1.165, 1.54) is 0 Å². The van der Waals surface area contributed by atoms with Crippen molar-refractivity contribution in [3.8, 4) is 5.75 Å². The number of rotatable bonds is 8. The van der Waals surface area contributed by atoms with E-state index in [0.717, 1.165) is 42.9 Å². The van der Waals surface area contributed by atoms with Crippen molar-refractivity contribution in [2.24, 2.45) is 5.41 Å². The summed E-state index contributed by atoms with van der Waals surface area (Å²) in [7, 11) is 1.66. The Labute approximate surface area is 166 Å². The highest BCUT2D eigenvalue weighted by Crippen LogP contribution is 2.31. The maximum Gasteiger partial charge on any atom is 0.229 e. The molecule has 1 aliphatic heterocycles. The Morgan fingerprint density at radius 1 is 1.25 bits per heavy atom. The summed E-state index contributed by atoms with van der Waals surface area (Å²) in [6.45, 7) is 4.52. The number of aromatic nitrogens is 1.